The Morgan fingerprint density at radius 1 is 0.743 bits per heavy atom. The van der Waals surface area contributed by atoms with Crippen LogP contribution in [0.25, 0.3) is 0 Å². The van der Waals surface area contributed by atoms with Gasteiger partial charge in [0.05, 0.1) is 16.7 Å². The molecule has 3 aromatic carbocycles. The van der Waals surface area contributed by atoms with Crippen LogP contribution < -0.4 is 5.30 Å². The zero-order valence-electron chi connectivity index (χ0n) is 18.6. The molecule has 10 heteroatoms. The van der Waals surface area contributed by atoms with Gasteiger partial charge in [0.15, 0.2) is 5.78 Å². The van der Waals surface area contributed by atoms with Crippen LogP contribution in [0, 0.1) is 20.8 Å². The minimum Gasteiger partial charge on any atom is -0.289 e. The highest BCUT2D eigenvalue weighted by molar-refractivity contribution is 7.71. The molecule has 35 heavy (non-hydrogen) atoms. The SMILES string of the molecule is Cc1cc(C(=O)c2ccccc2)c(C)c(C)c1[P+](=O)C(=O)c1c(C(F)(F)F)cccc1C(F)(F)F. The summed E-state index contributed by atoms with van der Waals surface area (Å²) in [5.41, 5.74) is -5.89. The van der Waals surface area contributed by atoms with Gasteiger partial charge in [0.1, 0.15) is 0 Å². The van der Waals surface area contributed by atoms with E-state index in [4.69, 9.17) is 0 Å². The lowest BCUT2D eigenvalue weighted by molar-refractivity contribution is -0.143. The number of hydrogen-bond acceptors (Lipinski definition) is 3. The van der Waals surface area contributed by atoms with Crippen molar-refractivity contribution in [3.63, 3.8) is 0 Å². The van der Waals surface area contributed by atoms with Gasteiger partial charge in [-0.15, -0.1) is 0 Å². The molecule has 3 nitrogen and oxygen atoms in total. The molecule has 3 rings (SSSR count). The average Bonchev–Trinajstić information content (AvgIpc) is 2.79. The van der Waals surface area contributed by atoms with Gasteiger partial charge < -0.3 is 0 Å². The first-order valence-corrected chi connectivity index (χ1v) is 11.4. The third-order valence-electron chi connectivity index (χ3n) is 5.61. The predicted molar refractivity (Wildman–Crippen MR) is 119 cm³/mol. The molecule has 1 unspecified atom stereocenters. The lowest BCUT2D eigenvalue weighted by atomic mass is 9.94. The highest BCUT2D eigenvalue weighted by atomic mass is 31.1. The molecule has 0 amide bonds. The van der Waals surface area contributed by atoms with Crippen LogP contribution in [0.15, 0.2) is 54.6 Å². The summed E-state index contributed by atoms with van der Waals surface area (Å²) < 4.78 is 94.3. The molecule has 0 aromatic heterocycles. The van der Waals surface area contributed by atoms with Crippen LogP contribution in [0.1, 0.15) is 54.1 Å². The fourth-order valence-corrected chi connectivity index (χ4v) is 5.32. The van der Waals surface area contributed by atoms with E-state index in [1.807, 2.05) is 0 Å². The number of ketones is 1. The first-order valence-electron chi connectivity index (χ1n) is 10.2. The molecule has 0 fully saturated rings. The number of rotatable bonds is 5. The average molecular weight is 511 g/mol. The van der Waals surface area contributed by atoms with Gasteiger partial charge in [-0.2, -0.15) is 26.3 Å². The summed E-state index contributed by atoms with van der Waals surface area (Å²) in [7, 11) is -3.38. The van der Waals surface area contributed by atoms with Crippen molar-refractivity contribution in [3.05, 3.63) is 99.1 Å². The molecule has 0 saturated carbocycles. The lowest BCUT2D eigenvalue weighted by Gasteiger charge is -2.15. The highest BCUT2D eigenvalue weighted by Gasteiger charge is 2.49. The molecule has 0 radical (unpaired) electrons. The minimum absolute atomic E-state index is 0.139. The fraction of sp³-hybridized carbons (Fsp3) is 0.200. The van der Waals surface area contributed by atoms with Gasteiger partial charge >= 0.3 is 25.7 Å². The topological polar surface area (TPSA) is 51.2 Å². The Bertz CT molecular complexity index is 1310. The van der Waals surface area contributed by atoms with Crippen LogP contribution >= 0.6 is 7.80 Å². The number of benzene rings is 3. The molecule has 0 bridgehead atoms. The quantitative estimate of drug-likeness (QED) is 0.207. The third kappa shape index (κ3) is 5.05. The van der Waals surface area contributed by atoms with E-state index in [2.05, 4.69) is 0 Å². The third-order valence-corrected chi connectivity index (χ3v) is 7.30. The van der Waals surface area contributed by atoms with Gasteiger partial charge in [0, 0.05) is 22.3 Å². The largest absolute Gasteiger partial charge is 0.459 e. The molecule has 182 valence electrons. The zero-order valence-corrected chi connectivity index (χ0v) is 19.5. The summed E-state index contributed by atoms with van der Waals surface area (Å²) in [5.74, 6) is -0.371. The van der Waals surface area contributed by atoms with Crippen LogP contribution in [0.5, 0.6) is 0 Å². The molecule has 0 N–H and O–H groups in total. The highest BCUT2D eigenvalue weighted by Crippen LogP contribution is 2.43. The number of aryl methyl sites for hydroxylation is 1. The maximum Gasteiger partial charge on any atom is 0.459 e. The Kier molecular flexibility index (Phi) is 7.04. The van der Waals surface area contributed by atoms with E-state index in [1.165, 1.54) is 26.8 Å². The van der Waals surface area contributed by atoms with Gasteiger partial charge in [-0.25, -0.2) is 4.79 Å². The molecule has 0 aliphatic carbocycles. The molecule has 0 heterocycles. The molecule has 1 atom stereocenters. The van der Waals surface area contributed by atoms with E-state index in [0.29, 0.717) is 29.3 Å². The van der Waals surface area contributed by atoms with Crippen LogP contribution in [-0.4, -0.2) is 11.3 Å². The summed E-state index contributed by atoms with van der Waals surface area (Å²) >= 11 is 0. The summed E-state index contributed by atoms with van der Waals surface area (Å²) in [6.45, 7) is 4.32. The van der Waals surface area contributed by atoms with Crippen molar-refractivity contribution in [3.8, 4) is 0 Å². The van der Waals surface area contributed by atoms with Gasteiger partial charge in [0.25, 0.3) is 0 Å². The van der Waals surface area contributed by atoms with Gasteiger partial charge in [0.2, 0.25) is 5.30 Å². The maximum atomic E-state index is 13.5. The van der Waals surface area contributed by atoms with Crippen LogP contribution in [-0.2, 0) is 16.9 Å². The second-order valence-electron chi connectivity index (χ2n) is 7.86. The van der Waals surface area contributed by atoms with Crippen molar-refractivity contribution in [1.29, 1.82) is 0 Å². The molecule has 0 spiro atoms. The molecule has 0 aliphatic rings. The molecular formula is C25H18F6O3P+. The minimum atomic E-state index is -5.28. The van der Waals surface area contributed by atoms with Crippen molar-refractivity contribution in [2.24, 2.45) is 0 Å². The van der Waals surface area contributed by atoms with E-state index in [9.17, 15) is 40.5 Å². The fourth-order valence-electron chi connectivity index (χ4n) is 3.82. The second-order valence-corrected chi connectivity index (χ2v) is 9.30. The van der Waals surface area contributed by atoms with Crippen LogP contribution in [0.3, 0.4) is 0 Å². The van der Waals surface area contributed by atoms with Crippen molar-refractivity contribution in [1.82, 2.24) is 0 Å². The van der Waals surface area contributed by atoms with Crippen molar-refractivity contribution in [2.75, 3.05) is 0 Å². The van der Waals surface area contributed by atoms with E-state index >= 15 is 0 Å². The van der Waals surface area contributed by atoms with Crippen molar-refractivity contribution < 1.29 is 40.5 Å². The molecule has 3 aromatic rings. The number of alkyl halides is 6. The van der Waals surface area contributed by atoms with Crippen LogP contribution in [0.4, 0.5) is 26.3 Å². The standard InChI is InChI=1S/C25H18F6O3P/c1-13-12-17(21(32)16-8-5-4-6-9-16)14(2)15(3)22(13)35(34)23(33)20-18(24(26,27)28)10-7-11-19(20)25(29,30)31/h4-12H,1-3H3/q+1. The van der Waals surface area contributed by atoms with E-state index in [-0.39, 0.29) is 27.8 Å². The monoisotopic (exact) mass is 511 g/mol. The van der Waals surface area contributed by atoms with E-state index in [0.717, 1.165) is 0 Å². The van der Waals surface area contributed by atoms with Crippen molar-refractivity contribution >= 4 is 24.4 Å². The Labute approximate surface area is 197 Å². The number of carbonyl (C=O) groups is 2. The molecule has 0 saturated heterocycles. The number of carbonyl (C=O) groups excluding carboxylic acids is 2. The normalized spacial score (nSPS) is 12.4. The summed E-state index contributed by atoms with van der Waals surface area (Å²) in [6, 6.07) is 10.8. The Hall–Kier alpha value is -3.32. The first kappa shape index (κ1) is 26.3. The van der Waals surface area contributed by atoms with E-state index < -0.39 is 42.4 Å². The molecule has 0 aliphatic heterocycles. The van der Waals surface area contributed by atoms with Crippen molar-refractivity contribution in [2.45, 2.75) is 33.1 Å². The van der Waals surface area contributed by atoms with Gasteiger partial charge in [-0.3, -0.25) is 4.79 Å². The zero-order chi connectivity index (χ0) is 26.3. The van der Waals surface area contributed by atoms with Gasteiger partial charge in [-0.05, 0) is 44.5 Å². The summed E-state index contributed by atoms with van der Waals surface area (Å²) in [4.78, 5) is 25.9. The Balaban J connectivity index is 2.17. The van der Waals surface area contributed by atoms with Gasteiger partial charge in [-0.1, -0.05) is 41.0 Å². The van der Waals surface area contributed by atoms with Crippen LogP contribution in [0.2, 0.25) is 0 Å². The maximum absolute atomic E-state index is 13.5. The summed E-state index contributed by atoms with van der Waals surface area (Å²) in [5, 5.41) is -0.197. The summed E-state index contributed by atoms with van der Waals surface area (Å²) in [6.07, 6.45) is -10.6. The van der Waals surface area contributed by atoms with E-state index in [1.54, 1.807) is 30.3 Å². The molecular weight excluding hydrogens is 493 g/mol. The Morgan fingerprint density at radius 3 is 1.74 bits per heavy atom. The number of halogens is 6. The first-order chi connectivity index (χ1) is 16.2. The second kappa shape index (κ2) is 9.38. The Morgan fingerprint density at radius 2 is 1.26 bits per heavy atom. The predicted octanol–water partition coefficient (Wildman–Crippen LogP) is 7.17. The smallest absolute Gasteiger partial charge is 0.289 e. The number of hydrogen-bond donors (Lipinski definition) is 0. The lowest BCUT2D eigenvalue weighted by Crippen LogP contribution is -2.22.